The summed E-state index contributed by atoms with van der Waals surface area (Å²) in [4.78, 5) is 10.6. The number of carboxylic acid groups (broad SMARTS) is 1. The molecule has 0 radical (unpaired) electrons. The van der Waals surface area contributed by atoms with Gasteiger partial charge < -0.3 is 5.11 Å². The molecule has 0 amide bonds. The summed E-state index contributed by atoms with van der Waals surface area (Å²) < 4.78 is 0. The van der Waals surface area contributed by atoms with Gasteiger partial charge in [0.1, 0.15) is 0 Å². The van der Waals surface area contributed by atoms with Crippen LogP contribution < -0.4 is 0 Å². The van der Waals surface area contributed by atoms with Gasteiger partial charge in [-0.3, -0.25) is 4.79 Å². The molecule has 88 valence electrons. The van der Waals surface area contributed by atoms with Gasteiger partial charge in [-0.05, 0) is 31.4 Å². The highest BCUT2D eigenvalue weighted by Crippen LogP contribution is 2.33. The first-order valence-electron chi connectivity index (χ1n) is 5.98. The maximum absolute atomic E-state index is 10.6. The zero-order valence-corrected chi connectivity index (χ0v) is 10.4. The fraction of sp³-hybridized carbons (Fsp3) is 0.917. The quantitative estimate of drug-likeness (QED) is 0.734. The lowest BCUT2D eigenvalue weighted by atomic mass is 9.93. The summed E-state index contributed by atoms with van der Waals surface area (Å²) in [6.45, 7) is 0. The third kappa shape index (κ3) is 4.92. The van der Waals surface area contributed by atoms with E-state index in [1.54, 1.807) is 0 Å². The van der Waals surface area contributed by atoms with Crippen molar-refractivity contribution < 1.29 is 9.90 Å². The normalized spacial score (nSPS) is 20.9. The Labute approximate surface area is 96.8 Å². The molecule has 2 nitrogen and oxygen atoms in total. The number of thioether (sulfide) groups is 1. The summed E-state index contributed by atoms with van der Waals surface area (Å²) in [7, 11) is 0. The Morgan fingerprint density at radius 3 is 2.40 bits per heavy atom. The van der Waals surface area contributed by atoms with Crippen LogP contribution in [0.4, 0.5) is 0 Å². The van der Waals surface area contributed by atoms with Crippen molar-refractivity contribution in [2.24, 2.45) is 5.92 Å². The molecule has 0 aliphatic heterocycles. The molecule has 1 aliphatic rings. The van der Waals surface area contributed by atoms with Crippen LogP contribution in [0, 0.1) is 5.92 Å². The second-order valence-electron chi connectivity index (χ2n) is 4.46. The van der Waals surface area contributed by atoms with Crippen LogP contribution in [0.2, 0.25) is 0 Å². The second-order valence-corrected chi connectivity index (χ2v) is 5.54. The molecule has 1 unspecified atom stereocenters. The van der Waals surface area contributed by atoms with E-state index in [9.17, 15) is 4.79 Å². The number of rotatable bonds is 5. The van der Waals surface area contributed by atoms with Crippen molar-refractivity contribution in [3.63, 3.8) is 0 Å². The Hall–Kier alpha value is -0.180. The Kier molecular flexibility index (Phi) is 6.15. The third-order valence-corrected chi connectivity index (χ3v) is 4.60. The SMILES string of the molecule is CSC(CCC(=O)O)C1CCCCCC1. The van der Waals surface area contributed by atoms with E-state index in [2.05, 4.69) is 6.26 Å². The Morgan fingerprint density at radius 2 is 1.93 bits per heavy atom. The van der Waals surface area contributed by atoms with Crippen molar-refractivity contribution in [3.8, 4) is 0 Å². The van der Waals surface area contributed by atoms with Crippen molar-refractivity contribution in [2.45, 2.75) is 56.6 Å². The van der Waals surface area contributed by atoms with E-state index in [-0.39, 0.29) is 0 Å². The molecule has 0 spiro atoms. The molecule has 0 aromatic carbocycles. The minimum atomic E-state index is -0.650. The van der Waals surface area contributed by atoms with Crippen LogP contribution in [-0.2, 0) is 4.79 Å². The maximum Gasteiger partial charge on any atom is 0.303 e. The van der Waals surface area contributed by atoms with Crippen molar-refractivity contribution in [1.82, 2.24) is 0 Å². The van der Waals surface area contributed by atoms with E-state index >= 15 is 0 Å². The minimum Gasteiger partial charge on any atom is -0.481 e. The van der Waals surface area contributed by atoms with Crippen molar-refractivity contribution >= 4 is 17.7 Å². The summed E-state index contributed by atoms with van der Waals surface area (Å²) >= 11 is 1.86. The molecule has 0 aromatic heterocycles. The van der Waals surface area contributed by atoms with Crippen LogP contribution >= 0.6 is 11.8 Å². The maximum atomic E-state index is 10.6. The number of carbonyl (C=O) groups is 1. The fourth-order valence-corrected chi connectivity index (χ4v) is 3.51. The fourth-order valence-electron chi connectivity index (χ4n) is 2.49. The van der Waals surface area contributed by atoms with Gasteiger partial charge in [-0.15, -0.1) is 0 Å². The zero-order chi connectivity index (χ0) is 11.1. The molecule has 0 bridgehead atoms. The molecule has 1 N–H and O–H groups in total. The van der Waals surface area contributed by atoms with Crippen LogP contribution in [-0.4, -0.2) is 22.6 Å². The molecule has 1 rings (SSSR count). The van der Waals surface area contributed by atoms with E-state index in [1.165, 1.54) is 38.5 Å². The van der Waals surface area contributed by atoms with Crippen LogP contribution in [0.1, 0.15) is 51.4 Å². The third-order valence-electron chi connectivity index (χ3n) is 3.37. The van der Waals surface area contributed by atoms with Gasteiger partial charge >= 0.3 is 5.97 Å². The summed E-state index contributed by atoms with van der Waals surface area (Å²) in [6, 6.07) is 0. The predicted octanol–water partition coefficient (Wildman–Crippen LogP) is 3.55. The lowest BCUT2D eigenvalue weighted by Crippen LogP contribution is -2.18. The highest BCUT2D eigenvalue weighted by molar-refractivity contribution is 7.99. The van der Waals surface area contributed by atoms with Gasteiger partial charge in [0, 0.05) is 11.7 Å². The van der Waals surface area contributed by atoms with Crippen molar-refractivity contribution in [3.05, 3.63) is 0 Å². The molecule has 3 heteroatoms. The average molecular weight is 230 g/mol. The Morgan fingerprint density at radius 1 is 1.33 bits per heavy atom. The summed E-state index contributed by atoms with van der Waals surface area (Å²) in [6.07, 6.45) is 11.4. The minimum absolute atomic E-state index is 0.335. The van der Waals surface area contributed by atoms with Crippen LogP contribution in [0.5, 0.6) is 0 Å². The van der Waals surface area contributed by atoms with E-state index in [0.29, 0.717) is 11.7 Å². The van der Waals surface area contributed by atoms with Gasteiger partial charge in [-0.2, -0.15) is 11.8 Å². The highest BCUT2D eigenvalue weighted by atomic mass is 32.2. The lowest BCUT2D eigenvalue weighted by Gasteiger charge is -2.23. The molecule has 15 heavy (non-hydrogen) atoms. The largest absolute Gasteiger partial charge is 0.481 e. The van der Waals surface area contributed by atoms with Gasteiger partial charge in [0.25, 0.3) is 0 Å². The standard InChI is InChI=1S/C12H22O2S/c1-15-11(8-9-12(13)14)10-6-4-2-3-5-7-10/h10-11H,2-9H2,1H3,(H,13,14). The van der Waals surface area contributed by atoms with E-state index < -0.39 is 5.97 Å². The molecule has 1 saturated carbocycles. The number of hydrogen-bond donors (Lipinski definition) is 1. The molecule has 0 heterocycles. The van der Waals surface area contributed by atoms with E-state index in [4.69, 9.17) is 5.11 Å². The van der Waals surface area contributed by atoms with Gasteiger partial charge in [0.2, 0.25) is 0 Å². The van der Waals surface area contributed by atoms with Gasteiger partial charge in [0.15, 0.2) is 0 Å². The molecule has 1 aliphatic carbocycles. The Bertz CT molecular complexity index is 186. The monoisotopic (exact) mass is 230 g/mol. The molecule has 0 saturated heterocycles. The molecule has 1 fully saturated rings. The van der Waals surface area contributed by atoms with Crippen LogP contribution in [0.3, 0.4) is 0 Å². The predicted molar refractivity (Wildman–Crippen MR) is 65.4 cm³/mol. The first-order valence-corrected chi connectivity index (χ1v) is 7.27. The van der Waals surface area contributed by atoms with Gasteiger partial charge in [-0.25, -0.2) is 0 Å². The molecule has 1 atom stereocenters. The van der Waals surface area contributed by atoms with Gasteiger partial charge in [0.05, 0.1) is 0 Å². The molecular weight excluding hydrogens is 208 g/mol. The second kappa shape index (κ2) is 7.15. The van der Waals surface area contributed by atoms with Crippen molar-refractivity contribution in [2.75, 3.05) is 6.26 Å². The number of carboxylic acids is 1. The summed E-state index contributed by atoms with van der Waals surface area (Å²) in [5, 5.41) is 9.27. The van der Waals surface area contributed by atoms with E-state index in [0.717, 1.165) is 12.3 Å². The van der Waals surface area contributed by atoms with Gasteiger partial charge in [-0.1, -0.05) is 25.7 Å². The summed E-state index contributed by atoms with van der Waals surface area (Å²) in [5.41, 5.74) is 0. The lowest BCUT2D eigenvalue weighted by molar-refractivity contribution is -0.137. The van der Waals surface area contributed by atoms with Crippen LogP contribution in [0.15, 0.2) is 0 Å². The highest BCUT2D eigenvalue weighted by Gasteiger charge is 2.22. The Balaban J connectivity index is 2.37. The zero-order valence-electron chi connectivity index (χ0n) is 9.58. The molecular formula is C12H22O2S. The number of hydrogen-bond acceptors (Lipinski definition) is 2. The number of aliphatic carboxylic acids is 1. The average Bonchev–Trinajstić information content (AvgIpc) is 2.47. The molecule has 0 aromatic rings. The van der Waals surface area contributed by atoms with E-state index in [1.807, 2.05) is 11.8 Å². The summed E-state index contributed by atoms with van der Waals surface area (Å²) in [5.74, 6) is 0.115. The topological polar surface area (TPSA) is 37.3 Å². The first-order chi connectivity index (χ1) is 7.24. The first kappa shape index (κ1) is 12.9. The van der Waals surface area contributed by atoms with Crippen molar-refractivity contribution in [1.29, 1.82) is 0 Å². The van der Waals surface area contributed by atoms with Crippen LogP contribution in [0.25, 0.3) is 0 Å². The smallest absolute Gasteiger partial charge is 0.303 e.